The molecule has 0 saturated heterocycles. The van der Waals surface area contributed by atoms with E-state index in [2.05, 4.69) is 24.1 Å². The zero-order chi connectivity index (χ0) is 10.2. The van der Waals surface area contributed by atoms with Crippen molar-refractivity contribution in [3.63, 3.8) is 0 Å². The normalized spacial score (nSPS) is 24.6. The van der Waals surface area contributed by atoms with Gasteiger partial charge < -0.3 is 9.73 Å². The average molecular weight is 194 g/mol. The Bertz CT molecular complexity index is 317. The Morgan fingerprint density at radius 1 is 1.64 bits per heavy atom. The van der Waals surface area contributed by atoms with Crippen molar-refractivity contribution in [3.8, 4) is 0 Å². The Hall–Kier alpha value is -0.830. The molecule has 0 aromatic carbocycles. The molecule has 3 nitrogen and oxygen atoms in total. The van der Waals surface area contributed by atoms with Crippen molar-refractivity contribution in [3.05, 3.63) is 17.8 Å². The van der Waals surface area contributed by atoms with Gasteiger partial charge in [-0.25, -0.2) is 4.98 Å². The molecule has 2 rings (SSSR count). The Morgan fingerprint density at radius 3 is 3.14 bits per heavy atom. The van der Waals surface area contributed by atoms with Crippen LogP contribution in [0.5, 0.6) is 0 Å². The van der Waals surface area contributed by atoms with Gasteiger partial charge in [-0.3, -0.25) is 0 Å². The number of hydrogen-bond acceptors (Lipinski definition) is 3. The number of rotatable bonds is 2. The fourth-order valence-electron chi connectivity index (χ4n) is 2.43. The molecular formula is C11H18N2O. The Morgan fingerprint density at radius 2 is 2.43 bits per heavy atom. The van der Waals surface area contributed by atoms with Crippen molar-refractivity contribution in [2.75, 3.05) is 13.6 Å². The van der Waals surface area contributed by atoms with E-state index in [4.69, 9.17) is 4.42 Å². The van der Waals surface area contributed by atoms with Gasteiger partial charge in [0.25, 0.3) is 0 Å². The lowest BCUT2D eigenvalue weighted by molar-refractivity contribution is 0.251. The molecule has 3 heteroatoms. The maximum Gasteiger partial charge on any atom is 0.181 e. The highest BCUT2D eigenvalue weighted by atomic mass is 16.3. The van der Waals surface area contributed by atoms with E-state index in [0.717, 1.165) is 18.7 Å². The highest BCUT2D eigenvalue weighted by molar-refractivity contribution is 5.20. The van der Waals surface area contributed by atoms with Gasteiger partial charge >= 0.3 is 0 Å². The number of nitrogens with one attached hydrogen (secondary N) is 1. The Kier molecular flexibility index (Phi) is 2.35. The number of aromatic nitrogens is 1. The van der Waals surface area contributed by atoms with Gasteiger partial charge in [0.1, 0.15) is 5.76 Å². The largest absolute Gasteiger partial charge is 0.448 e. The first-order valence-electron chi connectivity index (χ1n) is 5.19. The molecule has 1 N–H and O–H groups in total. The molecule has 0 amide bonds. The monoisotopic (exact) mass is 194 g/mol. The minimum atomic E-state index is 0.341. The summed E-state index contributed by atoms with van der Waals surface area (Å²) in [6.07, 6.45) is 3.78. The summed E-state index contributed by atoms with van der Waals surface area (Å²) < 4.78 is 5.43. The third-order valence-electron chi connectivity index (χ3n) is 2.95. The molecule has 0 spiro atoms. The minimum absolute atomic E-state index is 0.341. The molecule has 0 saturated carbocycles. The van der Waals surface area contributed by atoms with Crippen LogP contribution in [0, 0.1) is 5.41 Å². The summed E-state index contributed by atoms with van der Waals surface area (Å²) >= 11 is 0. The highest BCUT2D eigenvalue weighted by Gasteiger charge is 2.34. The van der Waals surface area contributed by atoms with Crippen molar-refractivity contribution >= 4 is 0 Å². The zero-order valence-corrected chi connectivity index (χ0v) is 9.13. The summed E-state index contributed by atoms with van der Waals surface area (Å²) in [6, 6.07) is 0. The van der Waals surface area contributed by atoms with Crippen LogP contribution in [0.1, 0.15) is 37.6 Å². The lowest BCUT2D eigenvalue weighted by Gasteiger charge is -2.33. The first kappa shape index (κ1) is 9.71. The van der Waals surface area contributed by atoms with Gasteiger partial charge in [0.2, 0.25) is 0 Å². The molecule has 1 atom stereocenters. The molecule has 1 unspecified atom stereocenters. The maximum atomic E-state index is 5.43. The Balaban J connectivity index is 2.28. The van der Waals surface area contributed by atoms with E-state index in [9.17, 15) is 0 Å². The van der Waals surface area contributed by atoms with Crippen LogP contribution < -0.4 is 5.32 Å². The van der Waals surface area contributed by atoms with Crippen molar-refractivity contribution in [1.82, 2.24) is 10.3 Å². The van der Waals surface area contributed by atoms with Crippen LogP contribution in [0.4, 0.5) is 0 Å². The molecule has 78 valence electrons. The molecular weight excluding hydrogens is 176 g/mol. The van der Waals surface area contributed by atoms with Gasteiger partial charge in [0.05, 0.1) is 5.69 Å². The SMILES string of the molecule is CNCC1CC(C)(C)Cc2ocnc21. The van der Waals surface area contributed by atoms with Crippen LogP contribution in [0.25, 0.3) is 0 Å². The summed E-state index contributed by atoms with van der Waals surface area (Å²) in [5, 5.41) is 3.22. The van der Waals surface area contributed by atoms with E-state index in [1.807, 2.05) is 7.05 Å². The second kappa shape index (κ2) is 3.39. The number of oxazole rings is 1. The van der Waals surface area contributed by atoms with Gasteiger partial charge in [0.15, 0.2) is 6.39 Å². The second-order valence-electron chi connectivity index (χ2n) is 4.96. The molecule has 14 heavy (non-hydrogen) atoms. The quantitative estimate of drug-likeness (QED) is 0.782. The van der Waals surface area contributed by atoms with Crippen LogP contribution in [-0.2, 0) is 6.42 Å². The topological polar surface area (TPSA) is 38.1 Å². The van der Waals surface area contributed by atoms with Crippen molar-refractivity contribution in [1.29, 1.82) is 0 Å². The first-order valence-corrected chi connectivity index (χ1v) is 5.19. The fraction of sp³-hybridized carbons (Fsp3) is 0.727. The summed E-state index contributed by atoms with van der Waals surface area (Å²) in [5.41, 5.74) is 1.51. The highest BCUT2D eigenvalue weighted by Crippen LogP contribution is 2.40. The molecule has 1 aromatic rings. The number of nitrogens with zero attached hydrogens (tertiary/aromatic N) is 1. The smallest absolute Gasteiger partial charge is 0.181 e. The molecule has 0 bridgehead atoms. The molecule has 1 aromatic heterocycles. The fourth-order valence-corrected chi connectivity index (χ4v) is 2.43. The predicted octanol–water partition coefficient (Wildman–Crippen LogP) is 1.95. The van der Waals surface area contributed by atoms with Crippen LogP contribution in [0.2, 0.25) is 0 Å². The Labute approximate surface area is 84.9 Å². The van der Waals surface area contributed by atoms with Gasteiger partial charge in [-0.05, 0) is 18.9 Å². The first-order chi connectivity index (χ1) is 6.62. The summed E-state index contributed by atoms with van der Waals surface area (Å²) in [4.78, 5) is 4.32. The van der Waals surface area contributed by atoms with E-state index in [0.29, 0.717) is 11.3 Å². The molecule has 1 aliphatic carbocycles. The van der Waals surface area contributed by atoms with Crippen molar-refractivity contribution in [2.45, 2.75) is 32.6 Å². The standard InChI is InChI=1S/C11H18N2O/c1-11(2)4-8(6-12-3)10-9(5-11)14-7-13-10/h7-8,12H,4-6H2,1-3H3. The van der Waals surface area contributed by atoms with Crippen molar-refractivity contribution in [2.24, 2.45) is 5.41 Å². The molecule has 0 aliphatic heterocycles. The average Bonchev–Trinajstić information content (AvgIpc) is 2.50. The minimum Gasteiger partial charge on any atom is -0.448 e. The van der Waals surface area contributed by atoms with Crippen LogP contribution in [0.15, 0.2) is 10.8 Å². The summed E-state index contributed by atoms with van der Waals surface area (Å²) in [5.74, 6) is 1.60. The van der Waals surface area contributed by atoms with Crippen LogP contribution in [0.3, 0.4) is 0 Å². The molecule has 1 aliphatic rings. The van der Waals surface area contributed by atoms with Crippen LogP contribution in [-0.4, -0.2) is 18.6 Å². The van der Waals surface area contributed by atoms with E-state index in [1.165, 1.54) is 12.1 Å². The number of fused-ring (bicyclic) bond motifs is 1. The molecule has 1 heterocycles. The maximum absolute atomic E-state index is 5.43. The summed E-state index contributed by atoms with van der Waals surface area (Å²) in [7, 11) is 1.99. The second-order valence-corrected chi connectivity index (χ2v) is 4.96. The van der Waals surface area contributed by atoms with E-state index in [1.54, 1.807) is 6.39 Å². The zero-order valence-electron chi connectivity index (χ0n) is 9.13. The number of likely N-dealkylation sites (N-methyl/N-ethyl adjacent to an activating group) is 1. The van der Waals surface area contributed by atoms with Gasteiger partial charge in [-0.1, -0.05) is 13.8 Å². The lowest BCUT2D eigenvalue weighted by atomic mass is 9.73. The van der Waals surface area contributed by atoms with Gasteiger partial charge in [0, 0.05) is 18.9 Å². The van der Waals surface area contributed by atoms with Crippen molar-refractivity contribution < 1.29 is 4.42 Å². The van der Waals surface area contributed by atoms with E-state index < -0.39 is 0 Å². The lowest BCUT2D eigenvalue weighted by Crippen LogP contribution is -2.30. The van der Waals surface area contributed by atoms with E-state index in [-0.39, 0.29) is 0 Å². The number of hydrogen-bond donors (Lipinski definition) is 1. The summed E-state index contributed by atoms with van der Waals surface area (Å²) in [6.45, 7) is 5.57. The predicted molar refractivity (Wildman–Crippen MR) is 55.3 cm³/mol. The van der Waals surface area contributed by atoms with Gasteiger partial charge in [-0.2, -0.15) is 0 Å². The van der Waals surface area contributed by atoms with Gasteiger partial charge in [-0.15, -0.1) is 0 Å². The van der Waals surface area contributed by atoms with E-state index >= 15 is 0 Å². The van der Waals surface area contributed by atoms with Crippen LogP contribution >= 0.6 is 0 Å². The molecule has 0 radical (unpaired) electrons. The molecule has 0 fully saturated rings. The third kappa shape index (κ3) is 1.69. The third-order valence-corrected chi connectivity index (χ3v) is 2.95.